The summed E-state index contributed by atoms with van der Waals surface area (Å²) in [6.07, 6.45) is 7.33. The normalized spacial score (nSPS) is 11.4. The molecule has 0 aliphatic rings. The van der Waals surface area contributed by atoms with Gasteiger partial charge >= 0.3 is 0 Å². The molecule has 4 aromatic rings. The molecule has 0 fully saturated rings. The molecular formula is C19H15BrF2IN5. The lowest BCUT2D eigenvalue weighted by molar-refractivity contribution is 0.450. The maximum absolute atomic E-state index is 14.0. The second-order valence-electron chi connectivity index (χ2n) is 6.31. The van der Waals surface area contributed by atoms with E-state index in [0.29, 0.717) is 34.4 Å². The maximum Gasteiger partial charge on any atom is 0.142 e. The average molecular weight is 558 g/mol. The lowest BCUT2D eigenvalue weighted by Gasteiger charge is -2.10. The van der Waals surface area contributed by atoms with Crippen molar-refractivity contribution in [3.63, 3.8) is 0 Å². The SMILES string of the molecule is FCCCn1c(-c2cncc(Cn3cncc3Br)c2)nc2cc(F)c(I)cc21. The number of fused-ring (bicyclic) bond motifs is 1. The smallest absolute Gasteiger partial charge is 0.142 e. The van der Waals surface area contributed by atoms with Gasteiger partial charge < -0.3 is 9.13 Å². The van der Waals surface area contributed by atoms with Gasteiger partial charge in [-0.2, -0.15) is 0 Å². The third-order valence-electron chi connectivity index (χ3n) is 4.37. The first-order chi connectivity index (χ1) is 13.6. The van der Waals surface area contributed by atoms with Crippen molar-refractivity contribution in [2.45, 2.75) is 19.5 Å². The molecule has 3 heterocycles. The Morgan fingerprint density at radius 2 is 1.96 bits per heavy atom. The number of nitrogens with zero attached hydrogens (tertiary/aromatic N) is 5. The Labute approximate surface area is 182 Å². The standard InChI is InChI=1S/C19H15BrF2IN5/c20-18-9-25-11-27(18)10-12-4-13(8-24-7-12)19-26-16-5-14(22)15(23)6-17(16)28(19)3-1-2-21/h4-9,11H,1-3,10H2. The lowest BCUT2D eigenvalue weighted by atomic mass is 10.2. The van der Waals surface area contributed by atoms with E-state index in [4.69, 9.17) is 0 Å². The molecule has 0 atom stereocenters. The second-order valence-corrected chi connectivity index (χ2v) is 8.29. The Morgan fingerprint density at radius 3 is 2.71 bits per heavy atom. The molecule has 0 unspecified atom stereocenters. The van der Waals surface area contributed by atoms with Gasteiger partial charge in [0.05, 0.1) is 40.3 Å². The van der Waals surface area contributed by atoms with E-state index in [-0.39, 0.29) is 5.82 Å². The number of halogens is 4. The molecule has 4 rings (SSSR count). The monoisotopic (exact) mass is 557 g/mol. The Kier molecular flexibility index (Phi) is 5.72. The molecule has 1 aromatic carbocycles. The zero-order valence-electron chi connectivity index (χ0n) is 14.6. The number of pyridine rings is 1. The van der Waals surface area contributed by atoms with Crippen LogP contribution < -0.4 is 0 Å². The van der Waals surface area contributed by atoms with Crippen LogP contribution in [0.4, 0.5) is 8.78 Å². The van der Waals surface area contributed by atoms with E-state index in [2.05, 4.69) is 30.9 Å². The van der Waals surface area contributed by atoms with Gasteiger partial charge in [0.1, 0.15) is 16.2 Å². The second kappa shape index (κ2) is 8.24. The molecule has 0 aliphatic carbocycles. The molecule has 0 aliphatic heterocycles. The van der Waals surface area contributed by atoms with Crippen LogP contribution in [-0.4, -0.2) is 30.8 Å². The molecular weight excluding hydrogens is 543 g/mol. The van der Waals surface area contributed by atoms with Crippen LogP contribution in [0.15, 0.2) is 47.7 Å². The van der Waals surface area contributed by atoms with Crippen molar-refractivity contribution < 1.29 is 8.78 Å². The van der Waals surface area contributed by atoms with Crippen LogP contribution in [0.5, 0.6) is 0 Å². The summed E-state index contributed by atoms with van der Waals surface area (Å²) in [6, 6.07) is 5.17. The summed E-state index contributed by atoms with van der Waals surface area (Å²) in [4.78, 5) is 13.1. The van der Waals surface area contributed by atoms with Crippen LogP contribution in [0.25, 0.3) is 22.4 Å². The zero-order valence-corrected chi connectivity index (χ0v) is 18.4. The number of benzene rings is 1. The average Bonchev–Trinajstić information content (AvgIpc) is 3.24. The number of hydrogen-bond donors (Lipinski definition) is 0. The molecule has 9 heteroatoms. The van der Waals surface area contributed by atoms with Crippen molar-refractivity contribution in [3.05, 3.63) is 62.7 Å². The highest BCUT2D eigenvalue weighted by atomic mass is 127. The summed E-state index contributed by atoms with van der Waals surface area (Å²) in [5, 5.41) is 0. The topological polar surface area (TPSA) is 48.5 Å². The van der Waals surface area contributed by atoms with Gasteiger partial charge in [-0.25, -0.2) is 14.4 Å². The minimum absolute atomic E-state index is 0.313. The molecule has 5 nitrogen and oxygen atoms in total. The van der Waals surface area contributed by atoms with Crippen LogP contribution in [-0.2, 0) is 13.1 Å². The summed E-state index contributed by atoms with van der Waals surface area (Å²) >= 11 is 5.41. The predicted octanol–water partition coefficient (Wildman–Crippen LogP) is 5.21. The fourth-order valence-electron chi connectivity index (χ4n) is 3.10. The molecule has 0 N–H and O–H groups in total. The van der Waals surface area contributed by atoms with Gasteiger partial charge in [-0.1, -0.05) is 0 Å². The van der Waals surface area contributed by atoms with Crippen molar-refractivity contribution in [2.24, 2.45) is 0 Å². The molecule has 3 aromatic heterocycles. The number of aromatic nitrogens is 5. The van der Waals surface area contributed by atoms with Gasteiger partial charge in [0, 0.05) is 30.6 Å². The highest BCUT2D eigenvalue weighted by molar-refractivity contribution is 14.1. The van der Waals surface area contributed by atoms with E-state index < -0.39 is 6.67 Å². The Hall–Kier alpha value is -1.88. The summed E-state index contributed by atoms with van der Waals surface area (Å²) in [7, 11) is 0. The van der Waals surface area contributed by atoms with Crippen LogP contribution in [0.2, 0.25) is 0 Å². The van der Waals surface area contributed by atoms with E-state index in [1.54, 1.807) is 31.0 Å². The van der Waals surface area contributed by atoms with Gasteiger partial charge in [0.25, 0.3) is 0 Å². The van der Waals surface area contributed by atoms with E-state index in [1.807, 2.05) is 37.8 Å². The largest absolute Gasteiger partial charge is 0.324 e. The van der Waals surface area contributed by atoms with Gasteiger partial charge in [-0.05, 0) is 62.6 Å². The number of aryl methyl sites for hydroxylation is 1. The van der Waals surface area contributed by atoms with E-state index in [0.717, 1.165) is 21.2 Å². The third-order valence-corrected chi connectivity index (χ3v) is 5.86. The Bertz CT molecular complexity index is 1140. The van der Waals surface area contributed by atoms with Crippen molar-refractivity contribution in [3.8, 4) is 11.4 Å². The van der Waals surface area contributed by atoms with Crippen molar-refractivity contribution in [1.29, 1.82) is 0 Å². The van der Waals surface area contributed by atoms with Crippen molar-refractivity contribution in [1.82, 2.24) is 24.1 Å². The van der Waals surface area contributed by atoms with Crippen molar-refractivity contribution >= 4 is 49.6 Å². The summed E-state index contributed by atoms with van der Waals surface area (Å²) < 4.78 is 32.1. The quantitative estimate of drug-likeness (QED) is 0.306. The molecule has 0 bridgehead atoms. The fourth-order valence-corrected chi connectivity index (χ4v) is 3.88. The van der Waals surface area contributed by atoms with Gasteiger partial charge in [0.2, 0.25) is 0 Å². The molecule has 0 amide bonds. The summed E-state index contributed by atoms with van der Waals surface area (Å²) in [6.45, 7) is 0.629. The number of hydrogen-bond acceptors (Lipinski definition) is 3. The first kappa shape index (κ1) is 19.4. The van der Waals surface area contributed by atoms with E-state index in [9.17, 15) is 8.78 Å². The minimum Gasteiger partial charge on any atom is -0.324 e. The predicted molar refractivity (Wildman–Crippen MR) is 115 cm³/mol. The Balaban J connectivity index is 1.79. The van der Waals surface area contributed by atoms with E-state index >= 15 is 0 Å². The van der Waals surface area contributed by atoms with Crippen LogP contribution in [0.3, 0.4) is 0 Å². The van der Waals surface area contributed by atoms with Crippen molar-refractivity contribution in [2.75, 3.05) is 6.67 Å². The molecule has 0 spiro atoms. The van der Waals surface area contributed by atoms with Crippen LogP contribution in [0, 0.1) is 9.39 Å². The number of rotatable bonds is 6. The molecule has 144 valence electrons. The summed E-state index contributed by atoms with van der Waals surface area (Å²) in [5.41, 5.74) is 3.12. The molecule has 0 saturated carbocycles. The highest BCUT2D eigenvalue weighted by Crippen LogP contribution is 2.28. The fraction of sp³-hybridized carbons (Fsp3) is 0.211. The number of alkyl halides is 1. The van der Waals surface area contributed by atoms with Gasteiger partial charge in [-0.3, -0.25) is 9.37 Å². The van der Waals surface area contributed by atoms with Gasteiger partial charge in [0.15, 0.2) is 0 Å². The van der Waals surface area contributed by atoms with Crippen LogP contribution in [0.1, 0.15) is 12.0 Å². The molecule has 0 radical (unpaired) electrons. The van der Waals surface area contributed by atoms with E-state index in [1.165, 1.54) is 6.07 Å². The molecule has 28 heavy (non-hydrogen) atoms. The Morgan fingerprint density at radius 1 is 1.11 bits per heavy atom. The first-order valence-corrected chi connectivity index (χ1v) is 10.4. The minimum atomic E-state index is -0.426. The zero-order chi connectivity index (χ0) is 19.7. The highest BCUT2D eigenvalue weighted by Gasteiger charge is 2.16. The van der Waals surface area contributed by atoms with Crippen LogP contribution >= 0.6 is 38.5 Å². The van der Waals surface area contributed by atoms with Gasteiger partial charge in [-0.15, -0.1) is 0 Å². The maximum atomic E-state index is 14.0. The molecule has 0 saturated heterocycles. The lowest BCUT2D eigenvalue weighted by Crippen LogP contribution is -2.03. The summed E-state index contributed by atoms with van der Waals surface area (Å²) in [5.74, 6) is 0.343. The number of imidazole rings is 2. The third kappa shape index (κ3) is 3.82. The first-order valence-electron chi connectivity index (χ1n) is 8.58.